The molecule has 0 bridgehead atoms. The van der Waals surface area contributed by atoms with Gasteiger partial charge >= 0.3 is 6.36 Å². The Labute approximate surface area is 83.4 Å². The second-order valence-corrected chi connectivity index (χ2v) is 2.89. The zero-order valence-corrected chi connectivity index (χ0v) is 7.69. The van der Waals surface area contributed by atoms with Gasteiger partial charge in [0, 0.05) is 12.1 Å². The molecule has 78 valence electrons. The zero-order valence-electron chi connectivity index (χ0n) is 6.94. The van der Waals surface area contributed by atoms with Crippen LogP contribution in [0.2, 0.25) is 5.02 Å². The first-order valence-electron chi connectivity index (χ1n) is 3.67. The van der Waals surface area contributed by atoms with Crippen LogP contribution in [0.15, 0.2) is 18.2 Å². The van der Waals surface area contributed by atoms with Crippen molar-refractivity contribution < 1.29 is 17.9 Å². The maximum absolute atomic E-state index is 11.9. The highest BCUT2D eigenvalue weighted by Crippen LogP contribution is 2.33. The molecule has 0 atom stereocenters. The first-order chi connectivity index (χ1) is 6.44. The van der Waals surface area contributed by atoms with Crippen molar-refractivity contribution >= 4 is 11.6 Å². The van der Waals surface area contributed by atoms with Crippen molar-refractivity contribution in [3.63, 3.8) is 0 Å². The average molecular weight is 226 g/mol. The molecule has 6 heteroatoms. The van der Waals surface area contributed by atoms with Crippen LogP contribution in [0.4, 0.5) is 13.2 Å². The van der Waals surface area contributed by atoms with Gasteiger partial charge in [-0.25, -0.2) is 0 Å². The number of hydrogen-bond donors (Lipinski definition) is 1. The molecular formula is C8H7ClF3NO. The Hall–Kier alpha value is -0.940. The molecule has 0 spiro atoms. The van der Waals surface area contributed by atoms with Gasteiger partial charge in [0.1, 0.15) is 0 Å². The molecule has 0 aliphatic rings. The predicted molar refractivity (Wildman–Crippen MR) is 46.0 cm³/mol. The third-order valence-electron chi connectivity index (χ3n) is 1.49. The quantitative estimate of drug-likeness (QED) is 0.840. The smallest absolute Gasteiger partial charge is 0.404 e. The third-order valence-corrected chi connectivity index (χ3v) is 1.78. The summed E-state index contributed by atoms with van der Waals surface area (Å²) < 4.78 is 39.5. The van der Waals surface area contributed by atoms with E-state index >= 15 is 0 Å². The van der Waals surface area contributed by atoms with Gasteiger partial charge in [0.15, 0.2) is 5.75 Å². The van der Waals surface area contributed by atoms with Gasteiger partial charge in [-0.05, 0) is 6.07 Å². The SMILES string of the molecule is NCc1cccc(Cl)c1OC(F)(F)F. The second-order valence-electron chi connectivity index (χ2n) is 2.48. The van der Waals surface area contributed by atoms with Crippen LogP contribution >= 0.6 is 11.6 Å². The summed E-state index contributed by atoms with van der Waals surface area (Å²) >= 11 is 5.53. The monoisotopic (exact) mass is 225 g/mol. The number of para-hydroxylation sites is 1. The van der Waals surface area contributed by atoms with Crippen LogP contribution < -0.4 is 10.5 Å². The fraction of sp³-hybridized carbons (Fsp3) is 0.250. The van der Waals surface area contributed by atoms with E-state index < -0.39 is 12.1 Å². The minimum Gasteiger partial charge on any atom is -0.404 e. The van der Waals surface area contributed by atoms with Gasteiger partial charge in [-0.15, -0.1) is 13.2 Å². The van der Waals surface area contributed by atoms with Crippen LogP contribution in [0, 0.1) is 0 Å². The van der Waals surface area contributed by atoms with E-state index in [0.717, 1.165) is 0 Å². The van der Waals surface area contributed by atoms with Crippen molar-refractivity contribution in [3.05, 3.63) is 28.8 Å². The summed E-state index contributed by atoms with van der Waals surface area (Å²) in [5.41, 5.74) is 5.45. The molecule has 0 heterocycles. The number of alkyl halides is 3. The Balaban J connectivity index is 3.05. The molecule has 14 heavy (non-hydrogen) atoms. The molecule has 0 radical (unpaired) electrons. The van der Waals surface area contributed by atoms with E-state index in [1.807, 2.05) is 0 Å². The highest BCUT2D eigenvalue weighted by molar-refractivity contribution is 6.32. The lowest BCUT2D eigenvalue weighted by Gasteiger charge is -2.13. The van der Waals surface area contributed by atoms with Crippen LogP contribution in [0.1, 0.15) is 5.56 Å². The van der Waals surface area contributed by atoms with E-state index in [4.69, 9.17) is 17.3 Å². The summed E-state index contributed by atoms with van der Waals surface area (Å²) in [5, 5.41) is -0.106. The number of ether oxygens (including phenoxy) is 1. The Bertz CT molecular complexity index is 327. The number of hydrogen-bond acceptors (Lipinski definition) is 2. The first kappa shape index (κ1) is 11.1. The lowest BCUT2D eigenvalue weighted by atomic mass is 10.2. The van der Waals surface area contributed by atoms with Gasteiger partial charge < -0.3 is 10.5 Å². The Morgan fingerprint density at radius 3 is 2.50 bits per heavy atom. The topological polar surface area (TPSA) is 35.2 Å². The Kier molecular flexibility index (Phi) is 3.23. The van der Waals surface area contributed by atoms with Crippen molar-refractivity contribution in [2.75, 3.05) is 0 Å². The summed E-state index contributed by atoms with van der Waals surface area (Å²) in [6.45, 7) is -0.0635. The van der Waals surface area contributed by atoms with Gasteiger partial charge in [-0.1, -0.05) is 23.7 Å². The fourth-order valence-corrected chi connectivity index (χ4v) is 1.18. The number of halogens is 4. The Morgan fingerprint density at radius 2 is 2.00 bits per heavy atom. The first-order valence-corrected chi connectivity index (χ1v) is 4.05. The molecule has 1 aromatic carbocycles. The van der Waals surface area contributed by atoms with E-state index in [1.54, 1.807) is 0 Å². The van der Waals surface area contributed by atoms with Crippen molar-refractivity contribution in [2.24, 2.45) is 5.73 Å². The highest BCUT2D eigenvalue weighted by Gasteiger charge is 2.32. The summed E-state index contributed by atoms with van der Waals surface area (Å²) in [7, 11) is 0. The van der Waals surface area contributed by atoms with Crippen LogP contribution in [-0.2, 0) is 6.54 Å². The van der Waals surface area contributed by atoms with Crippen LogP contribution in [0.3, 0.4) is 0 Å². The van der Waals surface area contributed by atoms with Crippen molar-refractivity contribution in [1.29, 1.82) is 0 Å². The van der Waals surface area contributed by atoms with Gasteiger partial charge in [0.05, 0.1) is 5.02 Å². The molecule has 2 N–H and O–H groups in total. The molecule has 1 rings (SSSR count). The van der Waals surface area contributed by atoms with Crippen molar-refractivity contribution in [2.45, 2.75) is 12.9 Å². The molecule has 0 saturated carbocycles. The fourth-order valence-electron chi connectivity index (χ4n) is 0.944. The normalized spacial score (nSPS) is 11.5. The molecule has 0 unspecified atom stereocenters. The third kappa shape index (κ3) is 2.78. The second kappa shape index (κ2) is 4.06. The number of nitrogens with two attached hydrogens (primary N) is 1. The minimum atomic E-state index is -4.76. The Morgan fingerprint density at radius 1 is 1.36 bits per heavy atom. The van der Waals surface area contributed by atoms with E-state index in [1.165, 1.54) is 18.2 Å². The number of benzene rings is 1. The number of rotatable bonds is 2. The average Bonchev–Trinajstić information content (AvgIpc) is 2.06. The van der Waals surface area contributed by atoms with Gasteiger partial charge in [0.25, 0.3) is 0 Å². The van der Waals surface area contributed by atoms with Crippen molar-refractivity contribution in [3.8, 4) is 5.75 Å². The van der Waals surface area contributed by atoms with E-state index in [-0.39, 0.29) is 17.1 Å². The summed E-state index contributed by atoms with van der Waals surface area (Å²) in [6, 6.07) is 4.24. The predicted octanol–water partition coefficient (Wildman–Crippen LogP) is 2.70. The van der Waals surface area contributed by atoms with E-state index in [2.05, 4.69) is 4.74 Å². The maximum Gasteiger partial charge on any atom is 0.573 e. The van der Waals surface area contributed by atoms with Crippen LogP contribution in [-0.4, -0.2) is 6.36 Å². The summed E-state index contributed by atoms with van der Waals surface area (Å²) in [6.07, 6.45) is -4.76. The largest absolute Gasteiger partial charge is 0.573 e. The van der Waals surface area contributed by atoms with Crippen molar-refractivity contribution in [1.82, 2.24) is 0 Å². The van der Waals surface area contributed by atoms with Gasteiger partial charge in [-0.2, -0.15) is 0 Å². The maximum atomic E-state index is 11.9. The summed E-state index contributed by atoms with van der Waals surface area (Å²) in [4.78, 5) is 0. The molecular weight excluding hydrogens is 219 g/mol. The molecule has 0 aliphatic carbocycles. The lowest BCUT2D eigenvalue weighted by molar-refractivity contribution is -0.274. The van der Waals surface area contributed by atoms with Crippen LogP contribution in [0.25, 0.3) is 0 Å². The standard InChI is InChI=1S/C8H7ClF3NO/c9-6-3-1-2-5(4-13)7(6)14-8(10,11)12/h1-3H,4,13H2. The molecule has 0 aliphatic heterocycles. The molecule has 2 nitrogen and oxygen atoms in total. The van der Waals surface area contributed by atoms with E-state index in [9.17, 15) is 13.2 Å². The molecule has 0 saturated heterocycles. The molecule has 0 fully saturated rings. The molecule has 1 aromatic rings. The molecule has 0 amide bonds. The van der Waals surface area contributed by atoms with Crippen LogP contribution in [0.5, 0.6) is 5.75 Å². The highest BCUT2D eigenvalue weighted by atomic mass is 35.5. The minimum absolute atomic E-state index is 0.0635. The molecule has 0 aromatic heterocycles. The van der Waals surface area contributed by atoms with Gasteiger partial charge in [-0.3, -0.25) is 0 Å². The van der Waals surface area contributed by atoms with Gasteiger partial charge in [0.2, 0.25) is 0 Å². The summed E-state index contributed by atoms with van der Waals surface area (Å²) in [5.74, 6) is -0.427. The lowest BCUT2D eigenvalue weighted by Crippen LogP contribution is -2.19. The van der Waals surface area contributed by atoms with E-state index in [0.29, 0.717) is 0 Å². The zero-order chi connectivity index (χ0) is 10.8.